The molecule has 0 spiro atoms. The van der Waals surface area contributed by atoms with Crippen molar-refractivity contribution < 1.29 is 0 Å². The number of hydrogen-bond acceptors (Lipinski definition) is 0. The third-order valence-electron chi connectivity index (χ3n) is 2.52. The van der Waals surface area contributed by atoms with Crippen molar-refractivity contribution in [1.82, 2.24) is 0 Å². The van der Waals surface area contributed by atoms with Gasteiger partial charge in [-0.15, -0.1) is 18.2 Å². The quantitative estimate of drug-likeness (QED) is 0.437. The predicted molar refractivity (Wildman–Crippen MR) is 46.4 cm³/mol. The molecule has 0 amide bonds. The molecule has 0 aliphatic heterocycles. The average Bonchev–Trinajstić information content (AvgIpc) is 2.42. The minimum Gasteiger partial charge on any atom is -0.126 e. The molecule has 10 heavy (non-hydrogen) atoms. The summed E-state index contributed by atoms with van der Waals surface area (Å²) < 4.78 is 0. The number of alkyl halides is 1. The van der Waals surface area contributed by atoms with Crippen molar-refractivity contribution in [3.8, 4) is 0 Å². The third-order valence-corrected chi connectivity index (χ3v) is 3.05. The van der Waals surface area contributed by atoms with Crippen molar-refractivity contribution in [2.24, 2.45) is 11.3 Å². The summed E-state index contributed by atoms with van der Waals surface area (Å²) in [6, 6.07) is 0. The van der Waals surface area contributed by atoms with Crippen molar-refractivity contribution in [3.63, 3.8) is 0 Å². The first-order valence-corrected chi connectivity index (χ1v) is 4.34. The topological polar surface area (TPSA) is 0 Å². The molecule has 1 heteroatoms. The Balaban J connectivity index is 2.45. The van der Waals surface area contributed by atoms with Gasteiger partial charge in [0.15, 0.2) is 0 Å². The van der Waals surface area contributed by atoms with Gasteiger partial charge in [-0.05, 0) is 31.1 Å². The van der Waals surface area contributed by atoms with Crippen LogP contribution in [0.5, 0.6) is 0 Å². The van der Waals surface area contributed by atoms with Gasteiger partial charge in [-0.3, -0.25) is 0 Å². The zero-order valence-electron chi connectivity index (χ0n) is 6.78. The Bertz CT molecular complexity index is 147. The van der Waals surface area contributed by atoms with E-state index in [2.05, 4.69) is 20.4 Å². The molecule has 0 radical (unpaired) electrons. The van der Waals surface area contributed by atoms with Crippen LogP contribution in [-0.2, 0) is 0 Å². The molecular formula is C9H15Cl. The Morgan fingerprint density at radius 3 is 2.40 bits per heavy atom. The molecule has 0 nitrogen and oxygen atoms in total. The largest absolute Gasteiger partial charge is 0.126 e. The highest BCUT2D eigenvalue weighted by molar-refractivity contribution is 6.18. The van der Waals surface area contributed by atoms with E-state index in [0.717, 1.165) is 18.2 Å². The molecule has 0 aromatic heterocycles. The van der Waals surface area contributed by atoms with E-state index >= 15 is 0 Å². The van der Waals surface area contributed by atoms with Crippen molar-refractivity contribution in [2.75, 3.05) is 5.88 Å². The summed E-state index contributed by atoms with van der Waals surface area (Å²) in [4.78, 5) is 0. The molecule has 0 N–H and O–H groups in total. The summed E-state index contributed by atoms with van der Waals surface area (Å²) in [5, 5.41) is 0. The van der Waals surface area contributed by atoms with Crippen molar-refractivity contribution in [3.05, 3.63) is 12.2 Å². The van der Waals surface area contributed by atoms with E-state index in [1.54, 1.807) is 0 Å². The fourth-order valence-electron chi connectivity index (χ4n) is 1.63. The first-order valence-electron chi connectivity index (χ1n) is 3.81. The van der Waals surface area contributed by atoms with Crippen LogP contribution >= 0.6 is 11.6 Å². The van der Waals surface area contributed by atoms with Crippen LogP contribution in [0.3, 0.4) is 0 Å². The second-order valence-electron chi connectivity index (χ2n) is 3.74. The molecule has 0 aromatic rings. The fraction of sp³-hybridized carbons (Fsp3) is 0.778. The Labute approximate surface area is 68.3 Å². The molecule has 0 heterocycles. The number of allylic oxidation sites excluding steroid dienone is 1. The van der Waals surface area contributed by atoms with Gasteiger partial charge in [0.2, 0.25) is 0 Å². The molecule has 1 aliphatic rings. The molecule has 1 saturated carbocycles. The SMILES string of the molecule is C=C(C)CC1(CCl)CC1C. The molecule has 1 aliphatic carbocycles. The highest BCUT2D eigenvalue weighted by atomic mass is 35.5. The summed E-state index contributed by atoms with van der Waals surface area (Å²) in [6.45, 7) is 8.26. The number of hydrogen-bond donors (Lipinski definition) is 0. The Kier molecular flexibility index (Phi) is 2.10. The van der Waals surface area contributed by atoms with Gasteiger partial charge in [-0.1, -0.05) is 12.5 Å². The van der Waals surface area contributed by atoms with Crippen LogP contribution < -0.4 is 0 Å². The van der Waals surface area contributed by atoms with E-state index in [4.69, 9.17) is 11.6 Å². The molecule has 58 valence electrons. The Morgan fingerprint density at radius 2 is 2.30 bits per heavy atom. The molecule has 1 fully saturated rings. The van der Waals surface area contributed by atoms with E-state index in [9.17, 15) is 0 Å². The van der Waals surface area contributed by atoms with Gasteiger partial charge in [0.25, 0.3) is 0 Å². The lowest BCUT2D eigenvalue weighted by atomic mass is 9.98. The Hall–Kier alpha value is 0.0300. The van der Waals surface area contributed by atoms with Crippen molar-refractivity contribution in [1.29, 1.82) is 0 Å². The summed E-state index contributed by atoms with van der Waals surface area (Å²) in [6.07, 6.45) is 2.42. The normalized spacial score (nSPS) is 37.7. The van der Waals surface area contributed by atoms with Crippen LogP contribution in [0, 0.1) is 11.3 Å². The number of rotatable bonds is 3. The van der Waals surface area contributed by atoms with Gasteiger partial charge in [0, 0.05) is 5.88 Å². The molecule has 2 unspecified atom stereocenters. The molecule has 0 bridgehead atoms. The third kappa shape index (κ3) is 1.37. The molecule has 2 atom stereocenters. The van der Waals surface area contributed by atoms with Crippen LogP contribution in [0.25, 0.3) is 0 Å². The van der Waals surface area contributed by atoms with Gasteiger partial charge in [0.05, 0.1) is 0 Å². The monoisotopic (exact) mass is 158 g/mol. The van der Waals surface area contributed by atoms with E-state index in [-0.39, 0.29) is 0 Å². The Morgan fingerprint density at radius 1 is 1.80 bits per heavy atom. The summed E-state index contributed by atoms with van der Waals surface area (Å²) in [5.74, 6) is 1.63. The van der Waals surface area contributed by atoms with Crippen LogP contribution in [0.1, 0.15) is 26.7 Å². The minimum absolute atomic E-state index is 0.438. The van der Waals surface area contributed by atoms with Crippen LogP contribution in [-0.4, -0.2) is 5.88 Å². The molecule has 0 saturated heterocycles. The van der Waals surface area contributed by atoms with Crippen molar-refractivity contribution >= 4 is 11.6 Å². The summed E-state index contributed by atoms with van der Waals surface area (Å²) in [5.41, 5.74) is 1.71. The lowest BCUT2D eigenvalue weighted by Gasteiger charge is -2.11. The smallest absolute Gasteiger partial charge is 0.0285 e. The lowest BCUT2D eigenvalue weighted by molar-refractivity contribution is 0.523. The van der Waals surface area contributed by atoms with Gasteiger partial charge in [0.1, 0.15) is 0 Å². The van der Waals surface area contributed by atoms with Crippen LogP contribution in [0.2, 0.25) is 0 Å². The molecular weight excluding hydrogens is 144 g/mol. The van der Waals surface area contributed by atoms with Gasteiger partial charge >= 0.3 is 0 Å². The first-order chi connectivity index (χ1) is 4.60. The van der Waals surface area contributed by atoms with Crippen molar-refractivity contribution in [2.45, 2.75) is 26.7 Å². The summed E-state index contributed by atoms with van der Waals surface area (Å²) in [7, 11) is 0. The highest BCUT2D eigenvalue weighted by Crippen LogP contribution is 2.56. The second-order valence-corrected chi connectivity index (χ2v) is 4.00. The molecule has 1 rings (SSSR count). The predicted octanol–water partition coefficient (Wildman–Crippen LogP) is 3.22. The maximum Gasteiger partial charge on any atom is 0.0285 e. The first kappa shape index (κ1) is 8.13. The van der Waals surface area contributed by atoms with E-state index in [1.165, 1.54) is 12.0 Å². The number of halogens is 1. The zero-order chi connectivity index (χ0) is 7.78. The fourth-order valence-corrected chi connectivity index (χ4v) is 2.10. The second kappa shape index (κ2) is 2.58. The van der Waals surface area contributed by atoms with Gasteiger partial charge in [-0.2, -0.15) is 0 Å². The summed E-state index contributed by atoms with van der Waals surface area (Å²) >= 11 is 5.85. The maximum atomic E-state index is 5.85. The van der Waals surface area contributed by atoms with E-state index < -0.39 is 0 Å². The van der Waals surface area contributed by atoms with Crippen LogP contribution in [0.15, 0.2) is 12.2 Å². The highest BCUT2D eigenvalue weighted by Gasteiger charge is 2.49. The molecule has 0 aromatic carbocycles. The average molecular weight is 159 g/mol. The van der Waals surface area contributed by atoms with E-state index in [1.807, 2.05) is 0 Å². The van der Waals surface area contributed by atoms with Gasteiger partial charge in [-0.25, -0.2) is 0 Å². The zero-order valence-corrected chi connectivity index (χ0v) is 7.54. The maximum absolute atomic E-state index is 5.85. The minimum atomic E-state index is 0.438. The van der Waals surface area contributed by atoms with E-state index in [0.29, 0.717) is 5.41 Å². The van der Waals surface area contributed by atoms with Gasteiger partial charge < -0.3 is 0 Å². The lowest BCUT2D eigenvalue weighted by Crippen LogP contribution is -2.05. The standard InChI is InChI=1S/C9H15Cl/c1-7(2)4-9(6-10)5-8(9)3/h8H,1,4-6H2,2-3H3. The van der Waals surface area contributed by atoms with Crippen LogP contribution in [0.4, 0.5) is 0 Å².